The lowest BCUT2D eigenvalue weighted by atomic mass is 10.3. The van der Waals surface area contributed by atoms with Crippen molar-refractivity contribution in [1.29, 1.82) is 5.26 Å². The number of nitrogens with zero attached hydrogens (tertiary/aromatic N) is 3. The van der Waals surface area contributed by atoms with E-state index < -0.39 is 0 Å². The molecule has 0 aliphatic heterocycles. The number of aryl methyl sites for hydroxylation is 2. The molecular formula is C12H13N5S. The summed E-state index contributed by atoms with van der Waals surface area (Å²) in [6, 6.07) is 5.87. The number of hydrogen-bond acceptors (Lipinski definition) is 6. The molecule has 0 saturated heterocycles. The molecule has 0 bridgehead atoms. The minimum atomic E-state index is 0.230. The summed E-state index contributed by atoms with van der Waals surface area (Å²) in [7, 11) is 0. The first-order chi connectivity index (χ1) is 8.69. The van der Waals surface area contributed by atoms with Crippen molar-refractivity contribution in [2.24, 2.45) is 0 Å². The number of aromatic nitrogens is 2. The van der Waals surface area contributed by atoms with Crippen molar-refractivity contribution in [3.8, 4) is 6.07 Å². The SMILES string of the molecule is Cc1nc(NCC#N)cc(Nc2sccc2C)n1. The third kappa shape index (κ3) is 2.96. The second-order valence-corrected chi connectivity index (χ2v) is 4.67. The first kappa shape index (κ1) is 12.3. The van der Waals surface area contributed by atoms with Crippen molar-refractivity contribution in [2.75, 3.05) is 17.2 Å². The monoisotopic (exact) mass is 259 g/mol. The van der Waals surface area contributed by atoms with Crippen molar-refractivity contribution in [3.05, 3.63) is 28.9 Å². The standard InChI is InChI=1S/C12H13N5S/c1-8-3-6-18-12(8)17-11-7-10(14-5-4-13)15-9(2)16-11/h3,6-7H,5H2,1-2H3,(H2,14,15,16,17). The van der Waals surface area contributed by atoms with E-state index in [4.69, 9.17) is 5.26 Å². The van der Waals surface area contributed by atoms with Gasteiger partial charge in [-0.15, -0.1) is 11.3 Å². The van der Waals surface area contributed by atoms with Crippen molar-refractivity contribution < 1.29 is 0 Å². The molecule has 18 heavy (non-hydrogen) atoms. The molecule has 6 heteroatoms. The molecule has 2 N–H and O–H groups in total. The van der Waals surface area contributed by atoms with E-state index in [9.17, 15) is 0 Å². The first-order valence-corrected chi connectivity index (χ1v) is 6.34. The zero-order valence-corrected chi connectivity index (χ0v) is 11.0. The van der Waals surface area contributed by atoms with Crippen LogP contribution in [0.25, 0.3) is 0 Å². The molecular weight excluding hydrogens is 246 g/mol. The van der Waals surface area contributed by atoms with Gasteiger partial charge in [0.05, 0.1) is 11.1 Å². The molecule has 0 radical (unpaired) electrons. The Kier molecular flexibility index (Phi) is 3.75. The van der Waals surface area contributed by atoms with Crippen molar-refractivity contribution in [1.82, 2.24) is 9.97 Å². The van der Waals surface area contributed by atoms with Gasteiger partial charge in [0, 0.05) is 6.07 Å². The molecule has 0 amide bonds. The van der Waals surface area contributed by atoms with Gasteiger partial charge < -0.3 is 10.6 Å². The summed E-state index contributed by atoms with van der Waals surface area (Å²) in [6.07, 6.45) is 0. The van der Waals surface area contributed by atoms with Gasteiger partial charge in [0.15, 0.2) is 0 Å². The van der Waals surface area contributed by atoms with Gasteiger partial charge in [-0.3, -0.25) is 0 Å². The Labute approximate surface area is 110 Å². The van der Waals surface area contributed by atoms with Crippen LogP contribution in [0, 0.1) is 25.2 Å². The van der Waals surface area contributed by atoms with Crippen molar-refractivity contribution in [3.63, 3.8) is 0 Å². The fraction of sp³-hybridized carbons (Fsp3) is 0.250. The van der Waals surface area contributed by atoms with Crippen LogP contribution in [0.4, 0.5) is 16.6 Å². The smallest absolute Gasteiger partial charge is 0.136 e. The average Bonchev–Trinajstić information content (AvgIpc) is 2.72. The summed E-state index contributed by atoms with van der Waals surface area (Å²) in [5, 5.41) is 17.8. The van der Waals surface area contributed by atoms with Crippen LogP contribution in [0.2, 0.25) is 0 Å². The molecule has 2 heterocycles. The Morgan fingerprint density at radius 3 is 2.78 bits per heavy atom. The molecule has 0 aliphatic carbocycles. The fourth-order valence-electron chi connectivity index (χ4n) is 1.47. The highest BCUT2D eigenvalue weighted by Gasteiger charge is 2.04. The minimum absolute atomic E-state index is 0.230. The van der Waals surface area contributed by atoms with E-state index in [2.05, 4.69) is 26.7 Å². The molecule has 0 aliphatic rings. The van der Waals surface area contributed by atoms with Crippen molar-refractivity contribution in [2.45, 2.75) is 13.8 Å². The van der Waals surface area contributed by atoms with Gasteiger partial charge in [-0.2, -0.15) is 5.26 Å². The Balaban J connectivity index is 2.20. The second kappa shape index (κ2) is 5.47. The number of nitrogens with one attached hydrogen (secondary N) is 2. The maximum atomic E-state index is 8.54. The van der Waals surface area contributed by atoms with Crippen LogP contribution >= 0.6 is 11.3 Å². The molecule has 0 unspecified atom stereocenters. The number of rotatable bonds is 4. The van der Waals surface area contributed by atoms with Crippen LogP contribution in [0.1, 0.15) is 11.4 Å². The first-order valence-electron chi connectivity index (χ1n) is 5.46. The molecule has 5 nitrogen and oxygen atoms in total. The highest BCUT2D eigenvalue weighted by atomic mass is 32.1. The predicted molar refractivity (Wildman–Crippen MR) is 73.2 cm³/mol. The van der Waals surface area contributed by atoms with Crippen molar-refractivity contribution >= 4 is 28.0 Å². The van der Waals surface area contributed by atoms with Gasteiger partial charge in [0.2, 0.25) is 0 Å². The molecule has 0 aromatic carbocycles. The van der Waals surface area contributed by atoms with Gasteiger partial charge in [-0.25, -0.2) is 9.97 Å². The number of thiophene rings is 1. The van der Waals surface area contributed by atoms with E-state index in [1.54, 1.807) is 17.4 Å². The topological polar surface area (TPSA) is 73.6 Å². The second-order valence-electron chi connectivity index (χ2n) is 3.76. The summed E-state index contributed by atoms with van der Waals surface area (Å²) in [5.41, 5.74) is 1.18. The van der Waals surface area contributed by atoms with Crippen LogP contribution in [-0.2, 0) is 0 Å². The molecule has 92 valence electrons. The largest absolute Gasteiger partial charge is 0.357 e. The lowest BCUT2D eigenvalue weighted by Crippen LogP contribution is -2.04. The van der Waals surface area contributed by atoms with Gasteiger partial charge in [0.25, 0.3) is 0 Å². The average molecular weight is 259 g/mol. The van der Waals surface area contributed by atoms with E-state index >= 15 is 0 Å². The van der Waals surface area contributed by atoms with Crippen LogP contribution in [0.3, 0.4) is 0 Å². The summed E-state index contributed by atoms with van der Waals surface area (Å²) >= 11 is 1.63. The third-order valence-corrected chi connectivity index (χ3v) is 3.22. The summed E-state index contributed by atoms with van der Waals surface area (Å²) < 4.78 is 0. The van der Waals surface area contributed by atoms with Gasteiger partial charge in [-0.1, -0.05) is 0 Å². The number of nitriles is 1. The fourth-order valence-corrected chi connectivity index (χ4v) is 2.30. The maximum absolute atomic E-state index is 8.54. The molecule has 2 aromatic heterocycles. The Morgan fingerprint density at radius 2 is 2.11 bits per heavy atom. The number of anilines is 3. The lowest BCUT2D eigenvalue weighted by molar-refractivity contribution is 1.05. The van der Waals surface area contributed by atoms with Crippen LogP contribution < -0.4 is 10.6 Å². The normalized spacial score (nSPS) is 9.83. The quantitative estimate of drug-likeness (QED) is 0.826. The molecule has 0 spiro atoms. The van der Waals surface area contributed by atoms with E-state index in [1.165, 1.54) is 5.56 Å². The van der Waals surface area contributed by atoms with Gasteiger partial charge in [-0.05, 0) is 30.9 Å². The van der Waals surface area contributed by atoms with Crippen LogP contribution in [0.5, 0.6) is 0 Å². The van der Waals surface area contributed by atoms with Gasteiger partial charge in [0.1, 0.15) is 24.0 Å². The predicted octanol–water partition coefficient (Wildman–Crippen LogP) is 2.83. The van der Waals surface area contributed by atoms with E-state index in [1.807, 2.05) is 25.3 Å². The van der Waals surface area contributed by atoms with E-state index in [0.29, 0.717) is 11.6 Å². The van der Waals surface area contributed by atoms with E-state index in [0.717, 1.165) is 10.8 Å². The lowest BCUT2D eigenvalue weighted by Gasteiger charge is -2.08. The van der Waals surface area contributed by atoms with E-state index in [-0.39, 0.29) is 6.54 Å². The molecule has 0 fully saturated rings. The van der Waals surface area contributed by atoms with Crippen LogP contribution in [0.15, 0.2) is 17.5 Å². The number of hydrogen-bond donors (Lipinski definition) is 2. The van der Waals surface area contributed by atoms with Crippen LogP contribution in [-0.4, -0.2) is 16.5 Å². The molecule has 2 rings (SSSR count). The minimum Gasteiger partial charge on any atom is -0.357 e. The molecule has 2 aromatic rings. The Morgan fingerprint density at radius 1 is 1.33 bits per heavy atom. The maximum Gasteiger partial charge on any atom is 0.136 e. The third-order valence-electron chi connectivity index (χ3n) is 2.29. The summed E-state index contributed by atoms with van der Waals surface area (Å²) in [4.78, 5) is 8.53. The zero-order chi connectivity index (χ0) is 13.0. The Bertz CT molecular complexity index is 584. The summed E-state index contributed by atoms with van der Waals surface area (Å²) in [5.74, 6) is 2.05. The molecule has 0 saturated carbocycles. The van der Waals surface area contributed by atoms with Gasteiger partial charge >= 0.3 is 0 Å². The Hall–Kier alpha value is -2.13. The zero-order valence-electron chi connectivity index (χ0n) is 10.2. The molecule has 0 atom stereocenters. The highest BCUT2D eigenvalue weighted by molar-refractivity contribution is 7.14. The highest BCUT2D eigenvalue weighted by Crippen LogP contribution is 2.26. The summed E-state index contributed by atoms with van der Waals surface area (Å²) in [6.45, 7) is 4.10.